The summed E-state index contributed by atoms with van der Waals surface area (Å²) in [5, 5.41) is 13.5. The molecule has 4 atom stereocenters. The lowest BCUT2D eigenvalue weighted by Crippen LogP contribution is -2.64. The smallest absolute Gasteiger partial charge is 0.0695 e. The summed E-state index contributed by atoms with van der Waals surface area (Å²) >= 11 is 0. The number of aliphatic hydroxyl groups is 1. The Morgan fingerprint density at radius 1 is 1.14 bits per heavy atom. The van der Waals surface area contributed by atoms with E-state index in [1.54, 1.807) is 0 Å². The summed E-state index contributed by atoms with van der Waals surface area (Å²) in [7, 11) is 0. The topological polar surface area (TPSA) is 35.5 Å². The fraction of sp³-hybridized carbons (Fsp3) is 1.00. The molecule has 2 N–H and O–H groups in total. The van der Waals surface area contributed by atoms with Crippen LogP contribution in [-0.2, 0) is 0 Å². The zero-order valence-electron chi connectivity index (χ0n) is 8.65. The van der Waals surface area contributed by atoms with Gasteiger partial charge in [-0.25, -0.2) is 0 Å². The minimum atomic E-state index is -0.0469. The Hall–Kier alpha value is -0.120. The highest BCUT2D eigenvalue weighted by Gasteiger charge is 2.40. The molecule has 4 rings (SSSR count). The molecule has 4 fully saturated rings. The van der Waals surface area contributed by atoms with E-state index in [0.29, 0.717) is 18.1 Å². The third kappa shape index (κ3) is 1.38. The van der Waals surface area contributed by atoms with Crippen LogP contribution in [0.15, 0.2) is 0 Å². The first-order valence-electron chi connectivity index (χ1n) is 6.02. The van der Waals surface area contributed by atoms with Gasteiger partial charge in [-0.1, -0.05) is 0 Å². The van der Waals surface area contributed by atoms with Crippen molar-refractivity contribution in [2.45, 2.75) is 56.3 Å². The molecule has 3 aliphatic heterocycles. The van der Waals surface area contributed by atoms with Gasteiger partial charge in [0.15, 0.2) is 0 Å². The summed E-state index contributed by atoms with van der Waals surface area (Å²) in [5.41, 5.74) is 0. The quantitative estimate of drug-likeness (QED) is 0.634. The summed E-state index contributed by atoms with van der Waals surface area (Å²) in [4.78, 5) is 2.59. The van der Waals surface area contributed by atoms with Gasteiger partial charge in [0.2, 0.25) is 0 Å². The van der Waals surface area contributed by atoms with E-state index in [-0.39, 0.29) is 6.10 Å². The maximum atomic E-state index is 9.91. The molecule has 3 heteroatoms. The van der Waals surface area contributed by atoms with Gasteiger partial charge in [0.05, 0.1) is 6.10 Å². The third-order valence-corrected chi connectivity index (χ3v) is 4.26. The lowest BCUT2D eigenvalue weighted by Gasteiger charge is -2.49. The van der Waals surface area contributed by atoms with Crippen LogP contribution < -0.4 is 5.32 Å². The van der Waals surface area contributed by atoms with Gasteiger partial charge in [0, 0.05) is 31.2 Å². The second kappa shape index (κ2) is 3.47. The first-order valence-corrected chi connectivity index (χ1v) is 6.02. The minimum Gasteiger partial charge on any atom is -0.391 e. The standard InChI is InChI=1S/C11H20N2O/c14-11-3-1-2-10(11)13-7-8-4-5-9(13)6-12-8/h8-12,14H,1-7H2. The summed E-state index contributed by atoms with van der Waals surface area (Å²) in [6.45, 7) is 2.32. The second-order valence-corrected chi connectivity index (χ2v) is 5.10. The number of hydrogen-bond acceptors (Lipinski definition) is 3. The molecular formula is C11H20N2O. The van der Waals surface area contributed by atoms with Crippen LogP contribution in [0.2, 0.25) is 0 Å². The number of nitrogens with zero attached hydrogens (tertiary/aromatic N) is 1. The number of hydrogen-bond donors (Lipinski definition) is 2. The van der Waals surface area contributed by atoms with Crippen molar-refractivity contribution >= 4 is 0 Å². The molecule has 14 heavy (non-hydrogen) atoms. The SMILES string of the molecule is OC1CCCC1N1CC2CCC1CN2. The predicted octanol–water partition coefficient (Wildman–Crippen LogP) is 0.336. The Kier molecular flexibility index (Phi) is 2.26. The molecule has 2 bridgehead atoms. The molecule has 0 amide bonds. The molecule has 80 valence electrons. The van der Waals surface area contributed by atoms with Gasteiger partial charge in [-0.2, -0.15) is 0 Å². The highest BCUT2D eigenvalue weighted by atomic mass is 16.3. The minimum absolute atomic E-state index is 0.0469. The van der Waals surface area contributed by atoms with E-state index in [2.05, 4.69) is 10.2 Å². The van der Waals surface area contributed by atoms with Crippen molar-refractivity contribution in [2.75, 3.05) is 13.1 Å². The highest BCUT2D eigenvalue weighted by Crippen LogP contribution is 2.31. The lowest BCUT2D eigenvalue weighted by molar-refractivity contribution is -0.00793. The van der Waals surface area contributed by atoms with Crippen LogP contribution in [0.25, 0.3) is 0 Å². The maximum Gasteiger partial charge on any atom is 0.0695 e. The fourth-order valence-electron chi connectivity index (χ4n) is 3.46. The van der Waals surface area contributed by atoms with Crippen LogP contribution in [0.4, 0.5) is 0 Å². The number of piperidine rings is 2. The van der Waals surface area contributed by atoms with E-state index >= 15 is 0 Å². The van der Waals surface area contributed by atoms with Gasteiger partial charge in [-0.05, 0) is 32.1 Å². The van der Waals surface area contributed by atoms with Crippen molar-refractivity contribution in [3.63, 3.8) is 0 Å². The molecular weight excluding hydrogens is 176 g/mol. The molecule has 0 aromatic carbocycles. The van der Waals surface area contributed by atoms with E-state index in [0.717, 1.165) is 13.0 Å². The van der Waals surface area contributed by atoms with Gasteiger partial charge in [0.25, 0.3) is 0 Å². The molecule has 1 aliphatic carbocycles. The zero-order chi connectivity index (χ0) is 9.54. The van der Waals surface area contributed by atoms with E-state index in [4.69, 9.17) is 0 Å². The van der Waals surface area contributed by atoms with Gasteiger partial charge >= 0.3 is 0 Å². The van der Waals surface area contributed by atoms with Crippen LogP contribution in [0.1, 0.15) is 32.1 Å². The number of nitrogens with one attached hydrogen (secondary N) is 1. The summed E-state index contributed by atoms with van der Waals surface area (Å²) < 4.78 is 0. The van der Waals surface area contributed by atoms with Gasteiger partial charge < -0.3 is 10.4 Å². The molecule has 3 heterocycles. The van der Waals surface area contributed by atoms with Crippen LogP contribution in [-0.4, -0.2) is 47.3 Å². The van der Waals surface area contributed by atoms with E-state index in [9.17, 15) is 5.11 Å². The summed E-state index contributed by atoms with van der Waals surface area (Å²) in [6, 6.07) is 1.88. The van der Waals surface area contributed by atoms with Gasteiger partial charge in [0.1, 0.15) is 0 Å². The first-order chi connectivity index (χ1) is 6.84. The number of fused-ring (bicyclic) bond motifs is 3. The number of rotatable bonds is 1. The number of piperazine rings is 1. The van der Waals surface area contributed by atoms with Crippen molar-refractivity contribution in [3.05, 3.63) is 0 Å². The largest absolute Gasteiger partial charge is 0.391 e. The van der Waals surface area contributed by atoms with E-state index in [1.165, 1.54) is 32.2 Å². The Balaban J connectivity index is 1.72. The molecule has 0 radical (unpaired) electrons. The molecule has 1 saturated carbocycles. The van der Waals surface area contributed by atoms with Crippen LogP contribution in [0, 0.1) is 0 Å². The van der Waals surface area contributed by atoms with Crippen LogP contribution in [0.5, 0.6) is 0 Å². The molecule has 0 spiro atoms. The Morgan fingerprint density at radius 3 is 2.57 bits per heavy atom. The average molecular weight is 196 g/mol. The Morgan fingerprint density at radius 2 is 2.07 bits per heavy atom. The second-order valence-electron chi connectivity index (χ2n) is 5.10. The molecule has 3 saturated heterocycles. The van der Waals surface area contributed by atoms with Crippen molar-refractivity contribution in [2.24, 2.45) is 0 Å². The monoisotopic (exact) mass is 196 g/mol. The Bertz CT molecular complexity index is 213. The van der Waals surface area contributed by atoms with Gasteiger partial charge in [-0.3, -0.25) is 4.90 Å². The summed E-state index contributed by atoms with van der Waals surface area (Å²) in [6.07, 6.45) is 6.07. The van der Waals surface area contributed by atoms with Crippen LogP contribution in [0.3, 0.4) is 0 Å². The molecule has 0 aromatic rings. The first kappa shape index (κ1) is 9.13. The van der Waals surface area contributed by atoms with E-state index in [1.807, 2.05) is 0 Å². The zero-order valence-corrected chi connectivity index (χ0v) is 8.65. The molecule has 4 aliphatic rings. The van der Waals surface area contributed by atoms with Gasteiger partial charge in [-0.15, -0.1) is 0 Å². The average Bonchev–Trinajstić information content (AvgIpc) is 2.66. The normalized spacial score (nSPS) is 48.6. The Labute approximate surface area is 85.5 Å². The molecule has 3 nitrogen and oxygen atoms in total. The van der Waals surface area contributed by atoms with Crippen molar-refractivity contribution in [1.82, 2.24) is 10.2 Å². The van der Waals surface area contributed by atoms with Crippen molar-refractivity contribution in [3.8, 4) is 0 Å². The van der Waals surface area contributed by atoms with Crippen LogP contribution >= 0.6 is 0 Å². The number of aliphatic hydroxyl groups excluding tert-OH is 1. The van der Waals surface area contributed by atoms with E-state index < -0.39 is 0 Å². The fourth-order valence-corrected chi connectivity index (χ4v) is 3.46. The predicted molar refractivity (Wildman–Crippen MR) is 55.2 cm³/mol. The van der Waals surface area contributed by atoms with Crippen molar-refractivity contribution < 1.29 is 5.11 Å². The van der Waals surface area contributed by atoms with Crippen molar-refractivity contribution in [1.29, 1.82) is 0 Å². The lowest BCUT2D eigenvalue weighted by atomic mass is 9.91. The molecule has 0 aromatic heterocycles. The maximum absolute atomic E-state index is 9.91. The third-order valence-electron chi connectivity index (χ3n) is 4.26. The molecule has 4 unspecified atom stereocenters. The summed E-state index contributed by atoms with van der Waals surface area (Å²) in [5.74, 6) is 0. The highest BCUT2D eigenvalue weighted by molar-refractivity contribution is 4.98.